The van der Waals surface area contributed by atoms with Gasteiger partial charge in [0.1, 0.15) is 6.61 Å². The molecule has 0 aliphatic heterocycles. The summed E-state index contributed by atoms with van der Waals surface area (Å²) >= 11 is 0. The minimum Gasteiger partial charge on any atom is -0.461 e. The lowest BCUT2D eigenvalue weighted by atomic mass is 9.93. The number of hydrogen-bond acceptors (Lipinski definition) is 3. The monoisotopic (exact) mass is 425 g/mol. The van der Waals surface area contributed by atoms with Gasteiger partial charge < -0.3 is 10.1 Å². The van der Waals surface area contributed by atoms with E-state index in [2.05, 4.69) is 43.1 Å². The van der Waals surface area contributed by atoms with Crippen molar-refractivity contribution in [2.45, 2.75) is 32.0 Å². The number of allylic oxidation sites excluding steroid dienone is 1. The standard InChI is InChI=1S/C29H31NO2/c1-3-13-27(29(31)32-22-25-16-9-5-10-17-25)28(21-20-24-14-7-4-8-15-24)30-23(2)26-18-11-6-12-19-26/h3-12,14-21,23,27-28,30H,1,13,22H2,2H3/b21-20+/t23-,27+,28?/m1/s1. The highest BCUT2D eigenvalue weighted by Crippen LogP contribution is 2.21. The molecule has 0 heterocycles. The number of nitrogens with one attached hydrogen (secondary N) is 1. The van der Waals surface area contributed by atoms with Gasteiger partial charge in [-0.2, -0.15) is 0 Å². The zero-order chi connectivity index (χ0) is 22.6. The van der Waals surface area contributed by atoms with Crippen molar-refractivity contribution in [1.82, 2.24) is 5.32 Å². The molecule has 32 heavy (non-hydrogen) atoms. The van der Waals surface area contributed by atoms with Crippen LogP contribution in [-0.4, -0.2) is 12.0 Å². The van der Waals surface area contributed by atoms with E-state index in [1.165, 1.54) is 5.56 Å². The summed E-state index contributed by atoms with van der Waals surface area (Å²) in [6, 6.07) is 29.9. The van der Waals surface area contributed by atoms with Crippen LogP contribution in [0.1, 0.15) is 36.1 Å². The second kappa shape index (κ2) is 12.4. The van der Waals surface area contributed by atoms with Crippen molar-refractivity contribution in [2.75, 3.05) is 0 Å². The molecule has 0 bridgehead atoms. The first-order chi connectivity index (χ1) is 15.7. The van der Waals surface area contributed by atoms with Gasteiger partial charge in [-0.1, -0.05) is 109 Å². The predicted molar refractivity (Wildman–Crippen MR) is 132 cm³/mol. The molecule has 164 valence electrons. The third-order valence-electron chi connectivity index (χ3n) is 5.42. The number of carbonyl (C=O) groups excluding carboxylic acids is 1. The number of rotatable bonds is 11. The van der Waals surface area contributed by atoms with Crippen molar-refractivity contribution in [2.24, 2.45) is 5.92 Å². The molecule has 0 saturated heterocycles. The first kappa shape index (κ1) is 23.2. The summed E-state index contributed by atoms with van der Waals surface area (Å²) in [4.78, 5) is 13.1. The van der Waals surface area contributed by atoms with Crippen LogP contribution in [0, 0.1) is 5.92 Å². The molecule has 3 nitrogen and oxygen atoms in total. The number of benzene rings is 3. The molecule has 0 aliphatic rings. The van der Waals surface area contributed by atoms with Gasteiger partial charge >= 0.3 is 5.97 Å². The van der Waals surface area contributed by atoms with Gasteiger partial charge in [-0.25, -0.2) is 0 Å². The zero-order valence-electron chi connectivity index (χ0n) is 18.6. The number of ether oxygens (including phenoxy) is 1. The minimum absolute atomic E-state index is 0.0656. The second-order valence-corrected chi connectivity index (χ2v) is 7.82. The molecule has 0 spiro atoms. The molecule has 0 aliphatic carbocycles. The summed E-state index contributed by atoms with van der Waals surface area (Å²) in [5, 5.41) is 3.63. The Morgan fingerprint density at radius 2 is 1.53 bits per heavy atom. The normalized spacial score (nSPS) is 13.9. The maximum absolute atomic E-state index is 13.1. The van der Waals surface area contributed by atoms with Crippen LogP contribution in [0.5, 0.6) is 0 Å². The van der Waals surface area contributed by atoms with E-state index in [0.29, 0.717) is 6.42 Å². The van der Waals surface area contributed by atoms with Crippen LogP contribution in [0.15, 0.2) is 110 Å². The second-order valence-electron chi connectivity index (χ2n) is 7.82. The van der Waals surface area contributed by atoms with Crippen molar-refractivity contribution < 1.29 is 9.53 Å². The molecule has 0 amide bonds. The predicted octanol–water partition coefficient (Wildman–Crippen LogP) is 6.35. The van der Waals surface area contributed by atoms with Crippen molar-refractivity contribution >= 4 is 12.0 Å². The fourth-order valence-corrected chi connectivity index (χ4v) is 3.62. The maximum Gasteiger partial charge on any atom is 0.311 e. The molecule has 3 rings (SSSR count). The van der Waals surface area contributed by atoms with Gasteiger partial charge in [0.05, 0.1) is 5.92 Å². The van der Waals surface area contributed by atoms with Gasteiger partial charge in [0.25, 0.3) is 0 Å². The number of esters is 1. The van der Waals surface area contributed by atoms with Crippen LogP contribution in [0.4, 0.5) is 0 Å². The van der Waals surface area contributed by atoms with E-state index in [1.807, 2.05) is 78.9 Å². The number of carbonyl (C=O) groups is 1. The lowest BCUT2D eigenvalue weighted by Gasteiger charge is -2.27. The highest BCUT2D eigenvalue weighted by molar-refractivity contribution is 5.74. The van der Waals surface area contributed by atoms with Crippen LogP contribution in [0.3, 0.4) is 0 Å². The Morgan fingerprint density at radius 3 is 2.16 bits per heavy atom. The summed E-state index contributed by atoms with van der Waals surface area (Å²) in [7, 11) is 0. The molecule has 0 saturated carbocycles. The lowest BCUT2D eigenvalue weighted by molar-refractivity contribution is -0.150. The first-order valence-electron chi connectivity index (χ1n) is 11.0. The van der Waals surface area contributed by atoms with Gasteiger partial charge in [-0.05, 0) is 30.0 Å². The maximum atomic E-state index is 13.1. The van der Waals surface area contributed by atoms with Crippen molar-refractivity contribution in [1.29, 1.82) is 0 Å². The van der Waals surface area contributed by atoms with E-state index >= 15 is 0 Å². The molecular formula is C29H31NO2. The van der Waals surface area contributed by atoms with Crippen LogP contribution in [-0.2, 0) is 16.1 Å². The average Bonchev–Trinajstić information content (AvgIpc) is 2.85. The van der Waals surface area contributed by atoms with E-state index in [1.54, 1.807) is 6.08 Å². The van der Waals surface area contributed by atoms with Gasteiger partial charge in [0.15, 0.2) is 0 Å². The molecule has 3 aromatic rings. The summed E-state index contributed by atoms with van der Waals surface area (Å²) in [5.74, 6) is -0.619. The minimum atomic E-state index is -0.387. The van der Waals surface area contributed by atoms with Gasteiger partial charge in [0, 0.05) is 12.1 Å². The molecule has 0 fully saturated rings. The Morgan fingerprint density at radius 1 is 0.938 bits per heavy atom. The smallest absolute Gasteiger partial charge is 0.311 e. The Balaban J connectivity index is 1.80. The Hall–Kier alpha value is -3.43. The molecule has 0 aromatic heterocycles. The highest BCUT2D eigenvalue weighted by atomic mass is 16.5. The van der Waals surface area contributed by atoms with Crippen molar-refractivity contribution in [3.8, 4) is 0 Å². The fraction of sp³-hybridized carbons (Fsp3) is 0.207. The summed E-state index contributed by atoms with van der Waals surface area (Å²) in [5.41, 5.74) is 3.22. The van der Waals surface area contributed by atoms with E-state index in [0.717, 1.165) is 11.1 Å². The van der Waals surface area contributed by atoms with Crippen molar-refractivity contribution in [3.63, 3.8) is 0 Å². The van der Waals surface area contributed by atoms with E-state index in [-0.39, 0.29) is 30.6 Å². The zero-order valence-corrected chi connectivity index (χ0v) is 18.6. The summed E-state index contributed by atoms with van der Waals surface area (Å²) in [6.45, 7) is 6.25. The topological polar surface area (TPSA) is 38.3 Å². The molecule has 3 atom stereocenters. The van der Waals surface area contributed by atoms with Crippen LogP contribution in [0.2, 0.25) is 0 Å². The van der Waals surface area contributed by atoms with E-state index < -0.39 is 0 Å². The molecule has 1 N–H and O–H groups in total. The highest BCUT2D eigenvalue weighted by Gasteiger charge is 2.28. The van der Waals surface area contributed by atoms with E-state index in [9.17, 15) is 4.79 Å². The Labute approximate surface area is 191 Å². The van der Waals surface area contributed by atoms with Crippen LogP contribution >= 0.6 is 0 Å². The third kappa shape index (κ3) is 7.07. The summed E-state index contributed by atoms with van der Waals surface area (Å²) in [6.07, 6.45) is 6.42. The van der Waals surface area contributed by atoms with Crippen LogP contribution < -0.4 is 5.32 Å². The molecule has 0 radical (unpaired) electrons. The van der Waals surface area contributed by atoms with E-state index in [4.69, 9.17) is 4.74 Å². The SMILES string of the molecule is C=CC[C@H](C(=O)OCc1ccccc1)C(/C=C/c1ccccc1)N[C@H](C)c1ccccc1. The molecular weight excluding hydrogens is 394 g/mol. The lowest BCUT2D eigenvalue weighted by Crippen LogP contribution is -2.40. The summed E-state index contributed by atoms with van der Waals surface area (Å²) < 4.78 is 5.70. The largest absolute Gasteiger partial charge is 0.461 e. The third-order valence-corrected chi connectivity index (χ3v) is 5.42. The van der Waals surface area contributed by atoms with Crippen LogP contribution in [0.25, 0.3) is 6.08 Å². The fourth-order valence-electron chi connectivity index (χ4n) is 3.62. The molecule has 3 aromatic carbocycles. The molecule has 3 heteroatoms. The quantitative estimate of drug-likeness (QED) is 0.287. The van der Waals surface area contributed by atoms with Gasteiger partial charge in [-0.3, -0.25) is 4.79 Å². The van der Waals surface area contributed by atoms with Gasteiger partial charge in [-0.15, -0.1) is 6.58 Å². The first-order valence-corrected chi connectivity index (χ1v) is 11.0. The number of hydrogen-bond donors (Lipinski definition) is 1. The Bertz CT molecular complexity index is 983. The van der Waals surface area contributed by atoms with Gasteiger partial charge in [0.2, 0.25) is 0 Å². The molecule has 1 unspecified atom stereocenters. The Kier molecular flexibility index (Phi) is 9.03. The average molecular weight is 426 g/mol. The van der Waals surface area contributed by atoms with Crippen molar-refractivity contribution in [3.05, 3.63) is 126 Å².